The molecule has 2 aliphatic rings. The lowest BCUT2D eigenvalue weighted by Crippen LogP contribution is -2.47. The van der Waals surface area contributed by atoms with Crippen molar-refractivity contribution in [3.05, 3.63) is 23.4 Å². The molecule has 2 heterocycles. The first kappa shape index (κ1) is 22.1. The molecule has 0 aromatic carbocycles. The number of aromatic nitrogens is 1. The predicted molar refractivity (Wildman–Crippen MR) is 114 cm³/mol. The lowest BCUT2D eigenvalue weighted by atomic mass is 9.75. The van der Waals surface area contributed by atoms with Crippen LogP contribution in [0.3, 0.4) is 0 Å². The molecule has 2 amide bonds. The van der Waals surface area contributed by atoms with Gasteiger partial charge in [0.1, 0.15) is 17.0 Å². The molecule has 0 unspecified atom stereocenters. The molecule has 1 spiro atoms. The van der Waals surface area contributed by atoms with Crippen LogP contribution in [-0.2, 0) is 15.9 Å². The number of piperidine rings is 1. The summed E-state index contributed by atoms with van der Waals surface area (Å²) >= 11 is 0. The summed E-state index contributed by atoms with van der Waals surface area (Å²) < 4.78 is 10.8. The summed E-state index contributed by atoms with van der Waals surface area (Å²) in [6.45, 7) is 12.1. The molecule has 0 bridgehead atoms. The highest BCUT2D eigenvalue weighted by Gasteiger charge is 2.46. The van der Waals surface area contributed by atoms with Crippen molar-refractivity contribution in [3.8, 4) is 0 Å². The van der Waals surface area contributed by atoms with Crippen molar-refractivity contribution in [2.45, 2.75) is 72.0 Å². The number of amides is 2. The van der Waals surface area contributed by atoms with E-state index in [1.54, 1.807) is 31.7 Å². The molecule has 3 rings (SSSR count). The largest absolute Gasteiger partial charge is 0.444 e. The molecule has 164 valence electrons. The van der Waals surface area contributed by atoms with Crippen LogP contribution < -0.4 is 5.32 Å². The van der Waals surface area contributed by atoms with Crippen molar-refractivity contribution in [2.24, 2.45) is 5.41 Å². The third kappa shape index (κ3) is 4.91. The number of carbonyl (C=O) groups is 2. The average Bonchev–Trinajstić information content (AvgIpc) is 2.83. The van der Waals surface area contributed by atoms with Gasteiger partial charge in [0.2, 0.25) is 0 Å². The minimum Gasteiger partial charge on any atom is -0.444 e. The molecule has 30 heavy (non-hydrogen) atoms. The van der Waals surface area contributed by atoms with Crippen molar-refractivity contribution < 1.29 is 19.1 Å². The smallest absolute Gasteiger partial charge is 0.413 e. The van der Waals surface area contributed by atoms with E-state index in [2.05, 4.69) is 10.3 Å². The van der Waals surface area contributed by atoms with E-state index in [0.29, 0.717) is 43.9 Å². The van der Waals surface area contributed by atoms with E-state index in [-0.39, 0.29) is 11.5 Å². The molecule has 0 radical (unpaired) electrons. The number of likely N-dealkylation sites (tertiary alicyclic amines) is 1. The van der Waals surface area contributed by atoms with Gasteiger partial charge in [-0.15, -0.1) is 0 Å². The number of ether oxygens (including phenoxy) is 2. The van der Waals surface area contributed by atoms with Crippen LogP contribution in [0.15, 0.2) is 12.1 Å². The summed E-state index contributed by atoms with van der Waals surface area (Å²) in [6, 6.07) is 3.54. The van der Waals surface area contributed by atoms with Crippen molar-refractivity contribution in [1.82, 2.24) is 9.88 Å². The van der Waals surface area contributed by atoms with E-state index >= 15 is 0 Å². The van der Waals surface area contributed by atoms with Crippen molar-refractivity contribution in [2.75, 3.05) is 18.4 Å². The molecule has 1 saturated heterocycles. The maximum absolute atomic E-state index is 12.3. The van der Waals surface area contributed by atoms with Gasteiger partial charge >= 0.3 is 12.2 Å². The quantitative estimate of drug-likeness (QED) is 0.707. The Hall–Kier alpha value is -2.64. The first-order chi connectivity index (χ1) is 13.8. The zero-order valence-electron chi connectivity index (χ0n) is 18.7. The van der Waals surface area contributed by atoms with Crippen molar-refractivity contribution in [1.29, 1.82) is 5.41 Å². The number of hydrogen-bond donors (Lipinski definition) is 2. The highest BCUT2D eigenvalue weighted by atomic mass is 16.6. The Bertz CT molecular complexity index is 859. The second-order valence-electron chi connectivity index (χ2n) is 10.1. The topological polar surface area (TPSA) is 105 Å². The Morgan fingerprint density at radius 2 is 1.67 bits per heavy atom. The molecule has 1 aliphatic carbocycles. The van der Waals surface area contributed by atoms with Crippen LogP contribution in [0.25, 0.3) is 0 Å². The molecule has 0 saturated carbocycles. The minimum atomic E-state index is -0.588. The van der Waals surface area contributed by atoms with Crippen molar-refractivity contribution in [3.63, 3.8) is 0 Å². The Morgan fingerprint density at radius 1 is 1.07 bits per heavy atom. The van der Waals surface area contributed by atoms with Gasteiger partial charge in [-0.3, -0.25) is 5.32 Å². The van der Waals surface area contributed by atoms with Crippen molar-refractivity contribution >= 4 is 23.7 Å². The number of rotatable bonds is 1. The third-order valence-corrected chi connectivity index (χ3v) is 5.28. The summed E-state index contributed by atoms with van der Waals surface area (Å²) in [5.41, 5.74) is 0.754. The molecule has 1 fully saturated rings. The number of anilines is 1. The summed E-state index contributed by atoms with van der Waals surface area (Å²) in [5.74, 6) is 0.416. The lowest BCUT2D eigenvalue weighted by molar-refractivity contribution is 0.0158. The molecule has 2 N–H and O–H groups in total. The molecular weight excluding hydrogens is 384 g/mol. The van der Waals surface area contributed by atoms with E-state index < -0.39 is 17.3 Å². The Balaban J connectivity index is 1.66. The van der Waals surface area contributed by atoms with Gasteiger partial charge in [0.05, 0.1) is 5.69 Å². The average molecular weight is 417 g/mol. The zero-order chi connectivity index (χ0) is 22.3. The second-order valence-corrected chi connectivity index (χ2v) is 10.1. The highest BCUT2D eigenvalue weighted by Crippen LogP contribution is 2.44. The maximum Gasteiger partial charge on any atom is 0.413 e. The van der Waals surface area contributed by atoms with Crippen LogP contribution in [0.5, 0.6) is 0 Å². The molecule has 1 aliphatic heterocycles. The van der Waals surface area contributed by atoms with Crippen LogP contribution in [0.4, 0.5) is 15.4 Å². The van der Waals surface area contributed by atoms with E-state index in [9.17, 15) is 9.59 Å². The number of nitrogens with zero attached hydrogens (tertiary/aromatic N) is 2. The second kappa shape index (κ2) is 7.56. The van der Waals surface area contributed by atoms with Gasteiger partial charge in [0, 0.05) is 36.2 Å². The number of pyridine rings is 1. The monoisotopic (exact) mass is 416 g/mol. The van der Waals surface area contributed by atoms with Gasteiger partial charge in [-0.1, -0.05) is 0 Å². The maximum atomic E-state index is 12.3. The van der Waals surface area contributed by atoms with Crippen LogP contribution in [0, 0.1) is 10.8 Å². The fourth-order valence-electron chi connectivity index (χ4n) is 3.91. The van der Waals surface area contributed by atoms with Crippen LogP contribution >= 0.6 is 0 Å². The number of hydrogen-bond acceptors (Lipinski definition) is 6. The number of nitrogens with one attached hydrogen (secondary N) is 2. The fraction of sp³-hybridized carbons (Fsp3) is 0.636. The highest BCUT2D eigenvalue weighted by molar-refractivity contribution is 6.06. The Kier molecular flexibility index (Phi) is 5.56. The summed E-state index contributed by atoms with van der Waals surface area (Å²) in [4.78, 5) is 30.7. The number of fused-ring (bicyclic) bond motifs is 1. The van der Waals surface area contributed by atoms with E-state index in [4.69, 9.17) is 14.9 Å². The first-order valence-corrected chi connectivity index (χ1v) is 10.4. The van der Waals surface area contributed by atoms with Gasteiger partial charge in [-0.05, 0) is 66.5 Å². The van der Waals surface area contributed by atoms with E-state index in [1.165, 1.54) is 0 Å². The van der Waals surface area contributed by atoms with E-state index in [1.807, 2.05) is 26.8 Å². The van der Waals surface area contributed by atoms with Crippen LogP contribution in [-0.4, -0.2) is 52.1 Å². The minimum absolute atomic E-state index is 0.304. The Labute approximate surface area is 177 Å². The van der Waals surface area contributed by atoms with Crippen LogP contribution in [0.2, 0.25) is 0 Å². The van der Waals surface area contributed by atoms with Gasteiger partial charge < -0.3 is 19.8 Å². The summed E-state index contributed by atoms with van der Waals surface area (Å²) in [5, 5.41) is 11.4. The summed E-state index contributed by atoms with van der Waals surface area (Å²) in [7, 11) is 0. The SMILES string of the molecule is CC(C)(C)OC(=O)Nc1ccc2c(n1)CC1(CCN(C(=O)OC(C)(C)C)CC1)C2=N. The molecule has 0 atom stereocenters. The van der Waals surface area contributed by atoms with Crippen LogP contribution in [0.1, 0.15) is 65.6 Å². The molecular formula is C22H32N4O4. The fourth-order valence-corrected chi connectivity index (χ4v) is 3.91. The van der Waals surface area contributed by atoms with Gasteiger partial charge in [0.25, 0.3) is 0 Å². The third-order valence-electron chi connectivity index (χ3n) is 5.28. The molecule has 8 nitrogen and oxygen atoms in total. The van der Waals surface area contributed by atoms with Gasteiger partial charge in [-0.2, -0.15) is 0 Å². The molecule has 1 aromatic heterocycles. The van der Waals surface area contributed by atoms with Gasteiger partial charge in [0.15, 0.2) is 0 Å². The lowest BCUT2D eigenvalue weighted by Gasteiger charge is -2.39. The number of carbonyl (C=O) groups excluding carboxylic acids is 2. The standard InChI is InChI=1S/C22H32N4O4/c1-20(2,3)29-18(27)25-16-8-7-14-15(24-16)13-22(17(14)23)9-11-26(12-10-22)19(28)30-21(4,5)6/h7-8,23H,9-13H2,1-6H3,(H,24,25,27). The summed E-state index contributed by atoms with van der Waals surface area (Å²) in [6.07, 6.45) is 1.16. The van der Waals surface area contributed by atoms with E-state index in [0.717, 1.165) is 11.3 Å². The predicted octanol–water partition coefficient (Wildman–Crippen LogP) is 4.37. The zero-order valence-corrected chi connectivity index (χ0v) is 18.7. The Morgan fingerprint density at radius 3 is 2.23 bits per heavy atom. The molecule has 1 aromatic rings. The molecule has 8 heteroatoms. The first-order valence-electron chi connectivity index (χ1n) is 10.4. The normalized spacial score (nSPS) is 18.2. The van der Waals surface area contributed by atoms with Gasteiger partial charge in [-0.25, -0.2) is 14.6 Å².